The number of halogens is 1. The highest BCUT2D eigenvalue weighted by Gasteiger charge is 2.23. The van der Waals surface area contributed by atoms with Gasteiger partial charge in [0.25, 0.3) is 0 Å². The van der Waals surface area contributed by atoms with Crippen LogP contribution in [0.4, 0.5) is 0 Å². The van der Waals surface area contributed by atoms with Gasteiger partial charge in [-0.3, -0.25) is 0 Å². The molecule has 2 rings (SSSR count). The minimum Gasteiger partial charge on any atom is -0.393 e. The van der Waals surface area contributed by atoms with Gasteiger partial charge >= 0.3 is 0 Å². The predicted octanol–water partition coefficient (Wildman–Crippen LogP) is 2.86. The van der Waals surface area contributed by atoms with Gasteiger partial charge in [0, 0.05) is 18.1 Å². The minimum atomic E-state index is -0.248. The Morgan fingerprint density at radius 3 is 3.00 bits per heavy atom. The van der Waals surface area contributed by atoms with Crippen LogP contribution in [0.15, 0.2) is 18.2 Å². The fraction of sp³-hybridized carbons (Fsp3) is 0.500. The lowest BCUT2D eigenvalue weighted by Gasteiger charge is -2.27. The quantitative estimate of drug-likeness (QED) is 0.798. The summed E-state index contributed by atoms with van der Waals surface area (Å²) in [6.45, 7) is 2.66. The number of hydrogen-bond acceptors (Lipinski definition) is 2. The first kappa shape index (κ1) is 10.9. The lowest BCUT2D eigenvalue weighted by atomic mass is 9.96. The molecule has 3 heteroatoms. The Balaban J connectivity index is 2.24. The molecule has 0 aromatic heterocycles. The normalized spacial score (nSPS) is 26.6. The molecule has 1 fully saturated rings. The topological polar surface area (TPSA) is 29.5 Å². The van der Waals surface area contributed by atoms with E-state index in [0.717, 1.165) is 17.0 Å². The van der Waals surface area contributed by atoms with Gasteiger partial charge in [0.2, 0.25) is 0 Å². The van der Waals surface area contributed by atoms with Crippen LogP contribution in [0.2, 0.25) is 5.02 Å². The van der Waals surface area contributed by atoms with Crippen molar-refractivity contribution in [1.29, 1.82) is 0 Å². The fourth-order valence-corrected chi connectivity index (χ4v) is 2.13. The number of ether oxygens (including phenoxy) is 1. The molecule has 2 unspecified atom stereocenters. The number of hydrogen-bond donors (Lipinski definition) is 1. The van der Waals surface area contributed by atoms with Crippen molar-refractivity contribution in [2.24, 2.45) is 0 Å². The Labute approximate surface area is 94.8 Å². The monoisotopic (exact) mass is 226 g/mol. The second-order valence-corrected chi connectivity index (χ2v) is 4.47. The van der Waals surface area contributed by atoms with Gasteiger partial charge in [-0.2, -0.15) is 0 Å². The lowest BCUT2D eigenvalue weighted by molar-refractivity contribution is -0.0450. The lowest BCUT2D eigenvalue weighted by Crippen LogP contribution is -2.23. The molecule has 1 saturated heterocycles. The van der Waals surface area contributed by atoms with Crippen LogP contribution in [-0.4, -0.2) is 17.8 Å². The molecule has 0 saturated carbocycles. The van der Waals surface area contributed by atoms with Gasteiger partial charge in [0.05, 0.1) is 12.2 Å². The zero-order chi connectivity index (χ0) is 10.8. The SMILES string of the molecule is Cc1ccc(Cl)cc1C1CC(O)CCO1. The molecule has 15 heavy (non-hydrogen) atoms. The number of aliphatic hydroxyl groups excluding tert-OH is 1. The first-order valence-corrected chi connectivity index (χ1v) is 5.60. The molecule has 0 spiro atoms. The van der Waals surface area contributed by atoms with Crippen molar-refractivity contribution in [2.45, 2.75) is 32.0 Å². The maximum atomic E-state index is 9.59. The van der Waals surface area contributed by atoms with E-state index in [4.69, 9.17) is 16.3 Å². The highest BCUT2D eigenvalue weighted by atomic mass is 35.5. The van der Waals surface area contributed by atoms with E-state index in [9.17, 15) is 5.11 Å². The molecule has 0 bridgehead atoms. The maximum Gasteiger partial charge on any atom is 0.0852 e. The first-order valence-electron chi connectivity index (χ1n) is 5.22. The summed E-state index contributed by atoms with van der Waals surface area (Å²) < 4.78 is 5.65. The van der Waals surface area contributed by atoms with Crippen LogP contribution in [0, 0.1) is 6.92 Å². The zero-order valence-electron chi connectivity index (χ0n) is 8.74. The van der Waals surface area contributed by atoms with Crippen molar-refractivity contribution in [1.82, 2.24) is 0 Å². The zero-order valence-corrected chi connectivity index (χ0v) is 9.50. The summed E-state index contributed by atoms with van der Waals surface area (Å²) >= 11 is 5.95. The third kappa shape index (κ3) is 2.51. The molecule has 1 N–H and O–H groups in total. The molecular weight excluding hydrogens is 212 g/mol. The van der Waals surface area contributed by atoms with Crippen LogP contribution in [0.5, 0.6) is 0 Å². The molecule has 1 aliphatic rings. The number of aryl methyl sites for hydroxylation is 1. The van der Waals surface area contributed by atoms with Gasteiger partial charge in [-0.25, -0.2) is 0 Å². The Morgan fingerprint density at radius 1 is 1.47 bits per heavy atom. The van der Waals surface area contributed by atoms with E-state index in [0.29, 0.717) is 13.0 Å². The largest absolute Gasteiger partial charge is 0.393 e. The van der Waals surface area contributed by atoms with E-state index < -0.39 is 0 Å². The highest BCUT2D eigenvalue weighted by molar-refractivity contribution is 6.30. The molecule has 1 aromatic rings. The Bertz CT molecular complexity index is 351. The van der Waals surface area contributed by atoms with Crippen LogP contribution < -0.4 is 0 Å². The van der Waals surface area contributed by atoms with Crippen molar-refractivity contribution in [3.8, 4) is 0 Å². The van der Waals surface area contributed by atoms with Crippen molar-refractivity contribution in [2.75, 3.05) is 6.61 Å². The van der Waals surface area contributed by atoms with Crippen molar-refractivity contribution in [3.05, 3.63) is 34.3 Å². The molecule has 82 valence electrons. The summed E-state index contributed by atoms with van der Waals surface area (Å²) in [5.41, 5.74) is 2.26. The van der Waals surface area contributed by atoms with Gasteiger partial charge in [-0.05, 0) is 36.6 Å². The summed E-state index contributed by atoms with van der Waals surface area (Å²) in [7, 11) is 0. The van der Waals surface area contributed by atoms with E-state index in [1.54, 1.807) is 0 Å². The summed E-state index contributed by atoms with van der Waals surface area (Å²) in [4.78, 5) is 0. The van der Waals surface area contributed by atoms with E-state index >= 15 is 0 Å². The molecule has 1 heterocycles. The van der Waals surface area contributed by atoms with Gasteiger partial charge in [-0.1, -0.05) is 17.7 Å². The van der Waals surface area contributed by atoms with Crippen LogP contribution in [-0.2, 0) is 4.74 Å². The van der Waals surface area contributed by atoms with Gasteiger partial charge in [0.15, 0.2) is 0 Å². The van der Waals surface area contributed by atoms with Gasteiger partial charge in [-0.15, -0.1) is 0 Å². The smallest absolute Gasteiger partial charge is 0.0852 e. The van der Waals surface area contributed by atoms with Crippen LogP contribution in [0.3, 0.4) is 0 Å². The average Bonchev–Trinajstić information content (AvgIpc) is 2.22. The number of benzene rings is 1. The molecule has 1 aliphatic heterocycles. The first-order chi connectivity index (χ1) is 7.16. The van der Waals surface area contributed by atoms with Crippen LogP contribution in [0.1, 0.15) is 30.1 Å². The third-order valence-corrected chi connectivity index (χ3v) is 3.08. The van der Waals surface area contributed by atoms with E-state index in [-0.39, 0.29) is 12.2 Å². The molecule has 0 amide bonds. The van der Waals surface area contributed by atoms with Crippen molar-refractivity contribution >= 4 is 11.6 Å². The standard InChI is InChI=1S/C12H15ClO2/c1-8-2-3-9(13)6-11(8)12-7-10(14)4-5-15-12/h2-3,6,10,12,14H,4-5,7H2,1H3. The Hall–Kier alpha value is -0.570. The molecule has 0 aliphatic carbocycles. The molecular formula is C12H15ClO2. The maximum absolute atomic E-state index is 9.59. The predicted molar refractivity (Wildman–Crippen MR) is 60.1 cm³/mol. The number of rotatable bonds is 1. The summed E-state index contributed by atoms with van der Waals surface area (Å²) in [6.07, 6.45) is 1.15. The van der Waals surface area contributed by atoms with E-state index in [2.05, 4.69) is 0 Å². The molecule has 1 aromatic carbocycles. The van der Waals surface area contributed by atoms with Crippen molar-refractivity contribution < 1.29 is 9.84 Å². The highest BCUT2D eigenvalue weighted by Crippen LogP contribution is 2.31. The summed E-state index contributed by atoms with van der Waals surface area (Å²) in [5, 5.41) is 10.3. The Morgan fingerprint density at radius 2 is 2.27 bits per heavy atom. The van der Waals surface area contributed by atoms with Gasteiger partial charge in [0.1, 0.15) is 0 Å². The van der Waals surface area contributed by atoms with Gasteiger partial charge < -0.3 is 9.84 Å². The Kier molecular flexibility index (Phi) is 3.29. The van der Waals surface area contributed by atoms with Crippen LogP contribution >= 0.6 is 11.6 Å². The van der Waals surface area contributed by atoms with Crippen LogP contribution in [0.25, 0.3) is 0 Å². The summed E-state index contributed by atoms with van der Waals surface area (Å²) in [5.74, 6) is 0. The molecule has 2 nitrogen and oxygen atoms in total. The second-order valence-electron chi connectivity index (χ2n) is 4.04. The van der Waals surface area contributed by atoms with E-state index in [1.165, 1.54) is 5.56 Å². The second kappa shape index (κ2) is 4.52. The number of aliphatic hydroxyl groups is 1. The molecule has 2 atom stereocenters. The minimum absolute atomic E-state index is 0.00699. The fourth-order valence-electron chi connectivity index (χ4n) is 1.95. The molecule has 0 radical (unpaired) electrons. The van der Waals surface area contributed by atoms with E-state index in [1.807, 2.05) is 25.1 Å². The summed E-state index contributed by atoms with van der Waals surface area (Å²) in [6, 6.07) is 5.79. The average molecular weight is 227 g/mol. The van der Waals surface area contributed by atoms with Crippen molar-refractivity contribution in [3.63, 3.8) is 0 Å². The third-order valence-electron chi connectivity index (χ3n) is 2.84.